The highest BCUT2D eigenvalue weighted by molar-refractivity contribution is 5.06. The van der Waals surface area contributed by atoms with Crippen LogP contribution in [0.15, 0.2) is 12.3 Å². The molecule has 15 heavy (non-hydrogen) atoms. The SMILES string of the molecule is CCCn1nccc1C1CC(O)CCO1. The average Bonchev–Trinajstić information content (AvgIpc) is 2.66. The quantitative estimate of drug-likeness (QED) is 0.822. The predicted molar refractivity (Wildman–Crippen MR) is 56.5 cm³/mol. The molecule has 1 N–H and O–H groups in total. The van der Waals surface area contributed by atoms with Gasteiger partial charge < -0.3 is 9.84 Å². The molecule has 1 aromatic rings. The fourth-order valence-corrected chi connectivity index (χ4v) is 2.00. The van der Waals surface area contributed by atoms with Crippen LogP contribution in [0.1, 0.15) is 38.0 Å². The van der Waals surface area contributed by atoms with Crippen molar-refractivity contribution in [3.05, 3.63) is 18.0 Å². The summed E-state index contributed by atoms with van der Waals surface area (Å²) in [6, 6.07) is 1.98. The summed E-state index contributed by atoms with van der Waals surface area (Å²) in [5.74, 6) is 0. The van der Waals surface area contributed by atoms with Gasteiger partial charge in [0, 0.05) is 25.8 Å². The highest BCUT2D eigenvalue weighted by atomic mass is 16.5. The van der Waals surface area contributed by atoms with E-state index in [9.17, 15) is 5.11 Å². The second-order valence-electron chi connectivity index (χ2n) is 4.02. The van der Waals surface area contributed by atoms with Crippen molar-refractivity contribution in [1.82, 2.24) is 9.78 Å². The second kappa shape index (κ2) is 4.77. The van der Waals surface area contributed by atoms with Gasteiger partial charge in [-0.3, -0.25) is 4.68 Å². The first-order valence-electron chi connectivity index (χ1n) is 5.62. The minimum Gasteiger partial charge on any atom is -0.393 e. The minimum absolute atomic E-state index is 0.0165. The lowest BCUT2D eigenvalue weighted by Gasteiger charge is -2.26. The molecule has 4 nitrogen and oxygen atoms in total. The first-order chi connectivity index (χ1) is 7.31. The smallest absolute Gasteiger partial charge is 0.102 e. The minimum atomic E-state index is -0.228. The number of nitrogens with zero attached hydrogens (tertiary/aromatic N) is 2. The topological polar surface area (TPSA) is 47.3 Å². The van der Waals surface area contributed by atoms with Gasteiger partial charge in [-0.25, -0.2) is 0 Å². The van der Waals surface area contributed by atoms with E-state index in [2.05, 4.69) is 12.0 Å². The van der Waals surface area contributed by atoms with Crippen LogP contribution < -0.4 is 0 Å². The lowest BCUT2D eigenvalue weighted by Crippen LogP contribution is -2.25. The predicted octanol–water partition coefficient (Wildman–Crippen LogP) is 1.51. The Kier molecular flexibility index (Phi) is 3.38. The van der Waals surface area contributed by atoms with Gasteiger partial charge in [0.25, 0.3) is 0 Å². The van der Waals surface area contributed by atoms with Crippen molar-refractivity contribution < 1.29 is 9.84 Å². The fraction of sp³-hybridized carbons (Fsp3) is 0.727. The van der Waals surface area contributed by atoms with Crippen LogP contribution in [0.3, 0.4) is 0 Å². The third-order valence-corrected chi connectivity index (χ3v) is 2.77. The molecule has 1 saturated heterocycles. The molecule has 0 radical (unpaired) electrons. The molecule has 2 unspecified atom stereocenters. The Morgan fingerprint density at radius 3 is 3.27 bits per heavy atom. The molecular formula is C11H18N2O2. The molecule has 0 aromatic carbocycles. The van der Waals surface area contributed by atoms with Crippen LogP contribution in [-0.4, -0.2) is 27.6 Å². The number of aliphatic hydroxyl groups is 1. The first kappa shape index (κ1) is 10.6. The maximum absolute atomic E-state index is 9.59. The zero-order valence-corrected chi connectivity index (χ0v) is 9.09. The molecule has 1 aromatic heterocycles. The summed E-state index contributed by atoms with van der Waals surface area (Å²) in [4.78, 5) is 0. The Balaban J connectivity index is 2.10. The summed E-state index contributed by atoms with van der Waals surface area (Å²) in [7, 11) is 0. The molecule has 2 heterocycles. The lowest BCUT2D eigenvalue weighted by molar-refractivity contribution is -0.0484. The first-order valence-corrected chi connectivity index (χ1v) is 5.62. The molecule has 0 saturated carbocycles. The van der Waals surface area contributed by atoms with Gasteiger partial charge >= 0.3 is 0 Å². The summed E-state index contributed by atoms with van der Waals surface area (Å²) in [6.07, 6.45) is 4.09. The molecule has 1 aliphatic rings. The molecule has 2 rings (SSSR count). The van der Waals surface area contributed by atoms with Crippen LogP contribution in [0, 0.1) is 0 Å². The van der Waals surface area contributed by atoms with Gasteiger partial charge in [0.1, 0.15) is 6.10 Å². The van der Waals surface area contributed by atoms with Gasteiger partial charge in [-0.15, -0.1) is 0 Å². The molecule has 0 spiro atoms. The summed E-state index contributed by atoms with van der Waals surface area (Å²) in [5, 5.41) is 13.9. The normalized spacial score (nSPS) is 26.8. The van der Waals surface area contributed by atoms with Crippen molar-refractivity contribution in [2.75, 3.05) is 6.61 Å². The summed E-state index contributed by atoms with van der Waals surface area (Å²) >= 11 is 0. The molecule has 0 amide bonds. The lowest BCUT2D eigenvalue weighted by atomic mass is 10.0. The molecule has 4 heteroatoms. The van der Waals surface area contributed by atoms with Crippen molar-refractivity contribution in [2.45, 2.75) is 44.9 Å². The Bertz CT molecular complexity index is 311. The van der Waals surface area contributed by atoms with Crippen molar-refractivity contribution in [3.63, 3.8) is 0 Å². The Hall–Kier alpha value is -0.870. The van der Waals surface area contributed by atoms with Gasteiger partial charge in [0.2, 0.25) is 0 Å². The number of ether oxygens (including phenoxy) is 1. The van der Waals surface area contributed by atoms with Crippen LogP contribution >= 0.6 is 0 Å². The number of aryl methyl sites for hydroxylation is 1. The van der Waals surface area contributed by atoms with Crippen molar-refractivity contribution in [3.8, 4) is 0 Å². The van der Waals surface area contributed by atoms with E-state index < -0.39 is 0 Å². The summed E-state index contributed by atoms with van der Waals surface area (Å²) in [5.41, 5.74) is 1.09. The van der Waals surface area contributed by atoms with E-state index in [1.54, 1.807) is 6.20 Å². The van der Waals surface area contributed by atoms with Crippen molar-refractivity contribution >= 4 is 0 Å². The number of hydrogen-bond acceptors (Lipinski definition) is 3. The largest absolute Gasteiger partial charge is 0.393 e. The molecule has 2 atom stereocenters. The second-order valence-corrected chi connectivity index (χ2v) is 4.02. The van der Waals surface area contributed by atoms with Gasteiger partial charge in [-0.05, 0) is 18.9 Å². The summed E-state index contributed by atoms with van der Waals surface area (Å²) in [6.45, 7) is 3.68. The zero-order valence-electron chi connectivity index (χ0n) is 9.09. The van der Waals surface area contributed by atoms with E-state index in [1.807, 2.05) is 10.7 Å². The maximum atomic E-state index is 9.59. The highest BCUT2D eigenvalue weighted by Gasteiger charge is 2.24. The third-order valence-electron chi connectivity index (χ3n) is 2.77. The number of hydrogen-bond donors (Lipinski definition) is 1. The number of rotatable bonds is 3. The van der Waals surface area contributed by atoms with Crippen LogP contribution in [-0.2, 0) is 11.3 Å². The average molecular weight is 210 g/mol. The van der Waals surface area contributed by atoms with E-state index in [-0.39, 0.29) is 12.2 Å². The van der Waals surface area contributed by atoms with Crippen LogP contribution in [0.5, 0.6) is 0 Å². The highest BCUT2D eigenvalue weighted by Crippen LogP contribution is 2.27. The van der Waals surface area contributed by atoms with Gasteiger partial charge in [-0.1, -0.05) is 6.92 Å². The van der Waals surface area contributed by atoms with Crippen molar-refractivity contribution in [2.24, 2.45) is 0 Å². The van der Waals surface area contributed by atoms with Crippen LogP contribution in [0.2, 0.25) is 0 Å². The monoisotopic (exact) mass is 210 g/mol. The maximum Gasteiger partial charge on any atom is 0.102 e. The molecule has 84 valence electrons. The van der Waals surface area contributed by atoms with Gasteiger partial charge in [0.15, 0.2) is 0 Å². The molecule has 1 aliphatic heterocycles. The van der Waals surface area contributed by atoms with Gasteiger partial charge in [0.05, 0.1) is 11.8 Å². The standard InChI is InChI=1S/C11H18N2O2/c1-2-6-13-10(3-5-12-13)11-8-9(14)4-7-15-11/h3,5,9,11,14H,2,4,6-8H2,1H3. The molecule has 0 bridgehead atoms. The van der Waals surface area contributed by atoms with Crippen LogP contribution in [0.4, 0.5) is 0 Å². The number of aliphatic hydroxyl groups excluding tert-OH is 1. The Labute approximate surface area is 89.9 Å². The molecular weight excluding hydrogens is 192 g/mol. The van der Waals surface area contributed by atoms with Gasteiger partial charge in [-0.2, -0.15) is 5.10 Å². The molecule has 0 aliphatic carbocycles. The van der Waals surface area contributed by atoms with E-state index in [0.29, 0.717) is 13.0 Å². The summed E-state index contributed by atoms with van der Waals surface area (Å²) < 4.78 is 7.63. The Morgan fingerprint density at radius 1 is 1.67 bits per heavy atom. The van der Waals surface area contributed by atoms with E-state index in [0.717, 1.165) is 25.1 Å². The zero-order chi connectivity index (χ0) is 10.7. The molecule has 1 fully saturated rings. The third kappa shape index (κ3) is 2.38. The fourth-order valence-electron chi connectivity index (χ4n) is 2.00. The Morgan fingerprint density at radius 2 is 2.53 bits per heavy atom. The van der Waals surface area contributed by atoms with Crippen LogP contribution in [0.25, 0.3) is 0 Å². The van der Waals surface area contributed by atoms with E-state index in [4.69, 9.17) is 4.74 Å². The van der Waals surface area contributed by atoms with E-state index in [1.165, 1.54) is 0 Å². The van der Waals surface area contributed by atoms with E-state index >= 15 is 0 Å². The number of aromatic nitrogens is 2. The van der Waals surface area contributed by atoms with Crippen molar-refractivity contribution in [1.29, 1.82) is 0 Å².